The zero-order valence-electron chi connectivity index (χ0n) is 21.3. The van der Waals surface area contributed by atoms with Gasteiger partial charge in [0.25, 0.3) is 0 Å². The lowest BCUT2D eigenvalue weighted by atomic mass is 10.2. The summed E-state index contributed by atoms with van der Waals surface area (Å²) in [6.07, 6.45) is 3.29. The summed E-state index contributed by atoms with van der Waals surface area (Å²) < 4.78 is 34.0. The van der Waals surface area contributed by atoms with Crippen LogP contribution in [-0.4, -0.2) is 14.5 Å². The Bertz CT molecular complexity index is 1700. The van der Waals surface area contributed by atoms with E-state index < -0.39 is 7.75 Å². The number of aromatic nitrogens is 3. The van der Waals surface area contributed by atoms with Crippen LogP contribution in [0.25, 0.3) is 16.9 Å². The molecule has 8 nitrogen and oxygen atoms in total. The fraction of sp³-hybridized carbons (Fsp3) is 0.0323. The molecular weight excluding hydrogens is 523 g/mol. The number of nitrogens with one attached hydrogen (secondary N) is 1. The summed E-state index contributed by atoms with van der Waals surface area (Å²) in [5.74, 6) is 2.26. The predicted octanol–water partition coefficient (Wildman–Crippen LogP) is 7.68. The highest BCUT2D eigenvalue weighted by molar-refractivity contribution is 7.56. The van der Waals surface area contributed by atoms with E-state index in [0.717, 1.165) is 16.5 Å². The van der Waals surface area contributed by atoms with Gasteiger partial charge in [0.2, 0.25) is 5.95 Å². The van der Waals surface area contributed by atoms with Crippen molar-refractivity contribution < 1.29 is 18.3 Å². The van der Waals surface area contributed by atoms with Gasteiger partial charge in [0, 0.05) is 23.8 Å². The second-order valence-electron chi connectivity index (χ2n) is 8.83. The number of rotatable bonds is 10. The van der Waals surface area contributed by atoms with Gasteiger partial charge in [-0.15, -0.1) is 0 Å². The van der Waals surface area contributed by atoms with Crippen LogP contribution in [0.1, 0.15) is 5.56 Å². The van der Waals surface area contributed by atoms with Crippen molar-refractivity contribution in [2.75, 3.05) is 5.09 Å². The van der Waals surface area contributed by atoms with Gasteiger partial charge in [0.15, 0.2) is 0 Å². The maximum Gasteiger partial charge on any atom is 0.542 e. The zero-order chi connectivity index (χ0) is 27.2. The Balaban J connectivity index is 1.40. The molecular formula is C31H25N4O4P. The highest BCUT2D eigenvalue weighted by Crippen LogP contribution is 2.49. The summed E-state index contributed by atoms with van der Waals surface area (Å²) in [6.45, 7) is 0.422. The van der Waals surface area contributed by atoms with Crippen molar-refractivity contribution in [1.82, 2.24) is 14.5 Å². The maximum absolute atomic E-state index is 14.3. The van der Waals surface area contributed by atoms with Crippen LogP contribution in [0.5, 0.6) is 17.2 Å². The Kier molecular flexibility index (Phi) is 7.16. The molecule has 0 fully saturated rings. The molecule has 198 valence electrons. The number of benzene rings is 4. The van der Waals surface area contributed by atoms with E-state index in [-0.39, 0.29) is 0 Å². The van der Waals surface area contributed by atoms with E-state index in [9.17, 15) is 4.57 Å². The van der Waals surface area contributed by atoms with Crippen LogP contribution in [0.4, 0.5) is 5.82 Å². The first-order valence-corrected chi connectivity index (χ1v) is 14.2. The largest absolute Gasteiger partial charge is 0.542 e. The number of anilines is 1. The molecule has 1 N–H and O–H groups in total. The molecule has 0 bridgehead atoms. The number of hydrogen-bond donors (Lipinski definition) is 1. The molecule has 0 aliphatic carbocycles. The average molecular weight is 549 g/mol. The fourth-order valence-corrected chi connectivity index (χ4v) is 5.53. The molecule has 0 radical (unpaired) electrons. The normalized spacial score (nSPS) is 11.2. The topological polar surface area (TPSA) is 87.5 Å². The number of hydrogen-bond acceptors (Lipinski definition) is 6. The average Bonchev–Trinajstić information content (AvgIpc) is 3.34. The zero-order valence-corrected chi connectivity index (χ0v) is 22.2. The molecule has 0 saturated heterocycles. The van der Waals surface area contributed by atoms with Gasteiger partial charge in [-0.3, -0.25) is 9.65 Å². The summed E-state index contributed by atoms with van der Waals surface area (Å²) in [4.78, 5) is 8.91. The Hall–Kier alpha value is -5.07. The van der Waals surface area contributed by atoms with E-state index >= 15 is 0 Å². The van der Waals surface area contributed by atoms with Crippen LogP contribution in [0, 0.1) is 0 Å². The molecule has 4 aromatic carbocycles. The van der Waals surface area contributed by atoms with E-state index in [1.54, 1.807) is 71.6 Å². The van der Waals surface area contributed by atoms with Gasteiger partial charge < -0.3 is 13.8 Å². The van der Waals surface area contributed by atoms with Gasteiger partial charge in [-0.25, -0.2) is 14.5 Å². The first kappa shape index (κ1) is 25.2. The van der Waals surface area contributed by atoms with Crippen LogP contribution < -0.4 is 18.9 Å². The highest BCUT2D eigenvalue weighted by Gasteiger charge is 2.31. The summed E-state index contributed by atoms with van der Waals surface area (Å²) in [5, 5.41) is 3.89. The van der Waals surface area contributed by atoms with Crippen molar-refractivity contribution in [2.45, 2.75) is 6.61 Å². The van der Waals surface area contributed by atoms with Crippen LogP contribution in [0.15, 0.2) is 134 Å². The second kappa shape index (κ2) is 11.4. The van der Waals surface area contributed by atoms with Crippen molar-refractivity contribution >= 4 is 24.5 Å². The molecule has 0 atom stereocenters. The third-order valence-electron chi connectivity index (χ3n) is 5.97. The Labute approximate surface area is 231 Å². The SMILES string of the molecule is O=P(Nc1cc2ccc(OCc3ccccc3)cc2n1-c1ncccn1)(Oc1ccccc1)Oc1ccccc1. The maximum atomic E-state index is 14.3. The van der Waals surface area contributed by atoms with E-state index in [1.807, 2.05) is 66.7 Å². The van der Waals surface area contributed by atoms with Gasteiger partial charge >= 0.3 is 7.75 Å². The molecule has 40 heavy (non-hydrogen) atoms. The predicted molar refractivity (Wildman–Crippen MR) is 155 cm³/mol. The van der Waals surface area contributed by atoms with Crippen molar-refractivity contribution in [1.29, 1.82) is 0 Å². The number of nitrogens with zero attached hydrogens (tertiary/aromatic N) is 3. The van der Waals surface area contributed by atoms with Crippen LogP contribution in [0.2, 0.25) is 0 Å². The van der Waals surface area contributed by atoms with E-state index in [0.29, 0.717) is 35.6 Å². The van der Waals surface area contributed by atoms with Crippen molar-refractivity contribution in [3.63, 3.8) is 0 Å². The molecule has 0 unspecified atom stereocenters. The molecule has 9 heteroatoms. The highest BCUT2D eigenvalue weighted by atomic mass is 31.2. The Morgan fingerprint density at radius 2 is 1.27 bits per heavy atom. The lowest BCUT2D eigenvalue weighted by molar-refractivity contribution is 0.306. The minimum absolute atomic E-state index is 0.381. The molecule has 0 aliphatic heterocycles. The van der Waals surface area contributed by atoms with Gasteiger partial charge in [0.1, 0.15) is 29.7 Å². The van der Waals surface area contributed by atoms with Crippen LogP contribution >= 0.6 is 7.75 Å². The van der Waals surface area contributed by atoms with Crippen molar-refractivity contribution in [3.8, 4) is 23.2 Å². The standard InChI is InChI=1S/C31H25N4O4P/c36-40(38-26-13-6-2-7-14-26,39-27-15-8-3-9-16-27)34-30-21-25-17-18-28(37-23-24-11-4-1-5-12-24)22-29(25)35(30)31-32-19-10-20-33-31/h1-22H,23H2,(H,34,36). The minimum atomic E-state index is -4.01. The minimum Gasteiger partial charge on any atom is -0.489 e. The summed E-state index contributed by atoms with van der Waals surface area (Å²) in [7, 11) is -4.01. The van der Waals surface area contributed by atoms with Crippen molar-refractivity contribution in [2.24, 2.45) is 0 Å². The molecule has 0 spiro atoms. The number of fused-ring (bicyclic) bond motifs is 1. The van der Waals surface area contributed by atoms with Gasteiger partial charge in [0.05, 0.1) is 5.52 Å². The smallest absolute Gasteiger partial charge is 0.489 e. The quantitative estimate of drug-likeness (QED) is 0.176. The fourth-order valence-electron chi connectivity index (χ4n) is 4.16. The Morgan fingerprint density at radius 1 is 0.675 bits per heavy atom. The van der Waals surface area contributed by atoms with E-state index in [1.165, 1.54) is 0 Å². The monoisotopic (exact) mass is 548 g/mol. The molecule has 0 amide bonds. The lowest BCUT2D eigenvalue weighted by Gasteiger charge is -2.21. The Morgan fingerprint density at radius 3 is 1.90 bits per heavy atom. The van der Waals surface area contributed by atoms with Crippen LogP contribution in [0.3, 0.4) is 0 Å². The molecule has 0 saturated carbocycles. The number of ether oxygens (including phenoxy) is 1. The molecule has 2 heterocycles. The second-order valence-corrected chi connectivity index (χ2v) is 10.4. The first-order chi connectivity index (χ1) is 19.7. The van der Waals surface area contributed by atoms with Crippen molar-refractivity contribution in [3.05, 3.63) is 139 Å². The lowest BCUT2D eigenvalue weighted by Crippen LogP contribution is -2.13. The summed E-state index contributed by atoms with van der Waals surface area (Å²) >= 11 is 0. The molecule has 2 aromatic heterocycles. The van der Waals surface area contributed by atoms with Gasteiger partial charge in [-0.05, 0) is 54.1 Å². The third kappa shape index (κ3) is 5.82. The van der Waals surface area contributed by atoms with E-state index in [2.05, 4.69) is 15.1 Å². The third-order valence-corrected chi connectivity index (χ3v) is 7.37. The molecule has 6 aromatic rings. The molecule has 6 rings (SSSR count). The van der Waals surface area contributed by atoms with Gasteiger partial charge in [-0.2, -0.15) is 0 Å². The number of para-hydroxylation sites is 2. The van der Waals surface area contributed by atoms with Crippen LogP contribution in [-0.2, 0) is 11.2 Å². The van der Waals surface area contributed by atoms with E-state index in [4.69, 9.17) is 13.8 Å². The summed E-state index contributed by atoms with van der Waals surface area (Å²) in [6, 6.07) is 37.0. The first-order valence-electron chi connectivity index (χ1n) is 12.6. The summed E-state index contributed by atoms with van der Waals surface area (Å²) in [5.41, 5.74) is 1.81. The molecule has 0 aliphatic rings. The van der Waals surface area contributed by atoms with Gasteiger partial charge in [-0.1, -0.05) is 66.7 Å².